The van der Waals surface area contributed by atoms with Crippen LogP contribution in [0.1, 0.15) is 18.9 Å². The van der Waals surface area contributed by atoms with Crippen LogP contribution in [-0.4, -0.2) is 0 Å². The molecule has 0 aromatic heterocycles. The number of nitriles is 1. The predicted octanol–water partition coefficient (Wildman–Crippen LogP) is 4.28. The minimum Gasteiger partial charge on any atom is -0.457 e. The van der Waals surface area contributed by atoms with Crippen molar-refractivity contribution in [2.45, 2.75) is 18.8 Å². The van der Waals surface area contributed by atoms with Crippen LogP contribution < -0.4 is 4.74 Å². The standard InChI is InChI=1S/C17H15NO/c1-17(11-14(17)12-18)13-7-9-16(10-8-13)19-15-5-3-2-4-6-15/h2-10,14H,11H2,1H3. The summed E-state index contributed by atoms with van der Waals surface area (Å²) in [4.78, 5) is 0. The molecule has 1 aliphatic rings. The van der Waals surface area contributed by atoms with Gasteiger partial charge in [-0.15, -0.1) is 0 Å². The monoisotopic (exact) mass is 249 g/mol. The van der Waals surface area contributed by atoms with E-state index >= 15 is 0 Å². The Hall–Kier alpha value is -2.27. The van der Waals surface area contributed by atoms with Gasteiger partial charge in [-0.05, 0) is 36.2 Å². The molecule has 19 heavy (non-hydrogen) atoms. The fraction of sp³-hybridized carbons (Fsp3) is 0.235. The molecule has 2 heteroatoms. The molecule has 1 fully saturated rings. The topological polar surface area (TPSA) is 33.0 Å². The van der Waals surface area contributed by atoms with E-state index in [1.54, 1.807) is 0 Å². The van der Waals surface area contributed by atoms with Crippen molar-refractivity contribution < 1.29 is 4.74 Å². The molecule has 2 atom stereocenters. The second kappa shape index (κ2) is 4.44. The normalized spacial score (nSPS) is 24.5. The summed E-state index contributed by atoms with van der Waals surface area (Å²) >= 11 is 0. The number of nitrogens with zero attached hydrogens (tertiary/aromatic N) is 1. The molecule has 0 spiro atoms. The number of ether oxygens (including phenoxy) is 1. The van der Waals surface area contributed by atoms with E-state index < -0.39 is 0 Å². The van der Waals surface area contributed by atoms with Crippen LogP contribution in [0.3, 0.4) is 0 Å². The zero-order valence-corrected chi connectivity index (χ0v) is 10.8. The smallest absolute Gasteiger partial charge is 0.127 e. The van der Waals surface area contributed by atoms with Gasteiger partial charge in [0.25, 0.3) is 0 Å². The summed E-state index contributed by atoms with van der Waals surface area (Å²) in [6.45, 7) is 2.15. The highest BCUT2D eigenvalue weighted by Gasteiger charge is 2.51. The van der Waals surface area contributed by atoms with Crippen LogP contribution in [0.4, 0.5) is 0 Å². The van der Waals surface area contributed by atoms with E-state index in [-0.39, 0.29) is 11.3 Å². The molecule has 0 bridgehead atoms. The van der Waals surface area contributed by atoms with Gasteiger partial charge in [0.1, 0.15) is 11.5 Å². The molecule has 3 rings (SSSR count). The third-order valence-corrected chi connectivity index (χ3v) is 3.89. The van der Waals surface area contributed by atoms with Gasteiger partial charge in [-0.1, -0.05) is 37.3 Å². The Morgan fingerprint density at radius 2 is 1.68 bits per heavy atom. The Kier molecular flexibility index (Phi) is 2.76. The van der Waals surface area contributed by atoms with Crippen LogP contribution in [0, 0.1) is 17.2 Å². The second-order valence-electron chi connectivity index (χ2n) is 5.24. The van der Waals surface area contributed by atoms with Crippen molar-refractivity contribution >= 4 is 0 Å². The largest absolute Gasteiger partial charge is 0.457 e. The molecule has 1 aliphatic carbocycles. The number of rotatable bonds is 3. The fourth-order valence-electron chi connectivity index (χ4n) is 2.40. The number of hydrogen-bond acceptors (Lipinski definition) is 2. The lowest BCUT2D eigenvalue weighted by Gasteiger charge is -2.11. The Morgan fingerprint density at radius 3 is 2.26 bits per heavy atom. The van der Waals surface area contributed by atoms with Crippen molar-refractivity contribution in [3.8, 4) is 17.6 Å². The zero-order chi connectivity index (χ0) is 13.3. The first-order valence-electron chi connectivity index (χ1n) is 6.45. The van der Waals surface area contributed by atoms with Gasteiger partial charge in [-0.2, -0.15) is 5.26 Å². The lowest BCUT2D eigenvalue weighted by Crippen LogP contribution is -2.03. The molecular formula is C17H15NO. The van der Waals surface area contributed by atoms with E-state index in [1.165, 1.54) is 5.56 Å². The van der Waals surface area contributed by atoms with Crippen LogP contribution in [-0.2, 0) is 5.41 Å². The van der Waals surface area contributed by atoms with Crippen molar-refractivity contribution in [2.24, 2.45) is 5.92 Å². The van der Waals surface area contributed by atoms with Crippen molar-refractivity contribution in [3.05, 3.63) is 60.2 Å². The maximum Gasteiger partial charge on any atom is 0.127 e. The van der Waals surface area contributed by atoms with Crippen LogP contribution in [0.15, 0.2) is 54.6 Å². The van der Waals surface area contributed by atoms with Crippen LogP contribution in [0.5, 0.6) is 11.5 Å². The van der Waals surface area contributed by atoms with Crippen LogP contribution >= 0.6 is 0 Å². The quantitative estimate of drug-likeness (QED) is 0.813. The highest BCUT2D eigenvalue weighted by molar-refractivity contribution is 5.40. The average Bonchev–Trinajstić information content (AvgIpc) is 3.13. The zero-order valence-electron chi connectivity index (χ0n) is 10.8. The molecule has 0 heterocycles. The summed E-state index contributed by atoms with van der Waals surface area (Å²) in [7, 11) is 0. The van der Waals surface area contributed by atoms with Gasteiger partial charge in [0, 0.05) is 5.41 Å². The second-order valence-corrected chi connectivity index (χ2v) is 5.24. The first kappa shape index (κ1) is 11.8. The number of hydrogen-bond donors (Lipinski definition) is 0. The maximum absolute atomic E-state index is 8.98. The Labute approximate surface area is 113 Å². The van der Waals surface area contributed by atoms with Gasteiger partial charge in [-0.25, -0.2) is 0 Å². The molecule has 0 saturated heterocycles. The van der Waals surface area contributed by atoms with Gasteiger partial charge >= 0.3 is 0 Å². The van der Waals surface area contributed by atoms with Crippen molar-refractivity contribution in [3.63, 3.8) is 0 Å². The molecule has 0 amide bonds. The van der Waals surface area contributed by atoms with Crippen LogP contribution in [0.2, 0.25) is 0 Å². The van der Waals surface area contributed by atoms with E-state index in [0.29, 0.717) is 0 Å². The maximum atomic E-state index is 8.98. The third-order valence-electron chi connectivity index (χ3n) is 3.89. The predicted molar refractivity (Wildman–Crippen MR) is 74.0 cm³/mol. The minimum absolute atomic E-state index is 0.0417. The fourth-order valence-corrected chi connectivity index (χ4v) is 2.40. The molecule has 2 nitrogen and oxygen atoms in total. The van der Waals surface area contributed by atoms with E-state index in [4.69, 9.17) is 10.00 Å². The third kappa shape index (κ3) is 2.20. The minimum atomic E-state index is 0.0417. The van der Waals surface area contributed by atoms with E-state index in [9.17, 15) is 0 Å². The Balaban J connectivity index is 1.76. The highest BCUT2D eigenvalue weighted by atomic mass is 16.5. The van der Waals surface area contributed by atoms with Crippen molar-refractivity contribution in [1.82, 2.24) is 0 Å². The summed E-state index contributed by atoms with van der Waals surface area (Å²) in [6, 6.07) is 20.2. The summed E-state index contributed by atoms with van der Waals surface area (Å²) in [5, 5.41) is 8.98. The van der Waals surface area contributed by atoms with E-state index in [1.807, 2.05) is 42.5 Å². The summed E-state index contributed by atoms with van der Waals surface area (Å²) in [5.74, 6) is 1.82. The van der Waals surface area contributed by atoms with E-state index in [0.717, 1.165) is 17.9 Å². The lowest BCUT2D eigenvalue weighted by atomic mass is 9.96. The number of benzene rings is 2. The molecule has 0 radical (unpaired) electrons. The first-order chi connectivity index (χ1) is 9.22. The van der Waals surface area contributed by atoms with E-state index in [2.05, 4.69) is 25.1 Å². The molecule has 0 aliphatic heterocycles. The van der Waals surface area contributed by atoms with Gasteiger partial charge in [0.15, 0.2) is 0 Å². The van der Waals surface area contributed by atoms with Gasteiger partial charge in [-0.3, -0.25) is 0 Å². The van der Waals surface area contributed by atoms with Crippen molar-refractivity contribution in [1.29, 1.82) is 5.26 Å². The number of para-hydroxylation sites is 1. The molecule has 2 unspecified atom stereocenters. The summed E-state index contributed by atoms with van der Waals surface area (Å²) < 4.78 is 5.75. The highest BCUT2D eigenvalue weighted by Crippen LogP contribution is 2.53. The van der Waals surface area contributed by atoms with Crippen molar-refractivity contribution in [2.75, 3.05) is 0 Å². The average molecular weight is 249 g/mol. The molecule has 2 aromatic carbocycles. The summed E-state index contributed by atoms with van der Waals surface area (Å²) in [6.07, 6.45) is 0.961. The molecule has 1 saturated carbocycles. The molecule has 2 aromatic rings. The molecule has 94 valence electrons. The molecular weight excluding hydrogens is 234 g/mol. The van der Waals surface area contributed by atoms with Crippen LogP contribution in [0.25, 0.3) is 0 Å². The molecule has 0 N–H and O–H groups in total. The Bertz CT molecular complexity index is 612. The van der Waals surface area contributed by atoms with Gasteiger partial charge in [0.2, 0.25) is 0 Å². The van der Waals surface area contributed by atoms with Gasteiger partial charge in [0.05, 0.1) is 12.0 Å². The lowest BCUT2D eigenvalue weighted by molar-refractivity contribution is 0.482. The Morgan fingerprint density at radius 1 is 1.05 bits per heavy atom. The first-order valence-corrected chi connectivity index (χ1v) is 6.45. The summed E-state index contributed by atoms with van der Waals surface area (Å²) in [5.41, 5.74) is 1.26. The SMILES string of the molecule is CC1(c2ccc(Oc3ccccc3)cc2)CC1C#N. The van der Waals surface area contributed by atoms with Gasteiger partial charge < -0.3 is 4.74 Å².